The molecule has 2 aromatic rings. The minimum absolute atomic E-state index is 0.00118. The van der Waals surface area contributed by atoms with Crippen molar-refractivity contribution in [1.82, 2.24) is 25.9 Å². The number of anilines is 1. The number of benzene rings is 2. The fraction of sp³-hybridized carbons (Fsp3) is 0.660. The summed E-state index contributed by atoms with van der Waals surface area (Å²) in [5, 5.41) is 31.5. The van der Waals surface area contributed by atoms with Crippen LogP contribution in [0.5, 0.6) is 0 Å². The van der Waals surface area contributed by atoms with E-state index in [0.717, 1.165) is 47.3 Å². The number of fused-ring (bicyclic) bond motifs is 2. The first-order valence-corrected chi connectivity index (χ1v) is 21.7. The molecule has 3 aliphatic carbocycles. The van der Waals surface area contributed by atoms with Gasteiger partial charge in [-0.05, 0) is 116 Å². The van der Waals surface area contributed by atoms with Crippen molar-refractivity contribution >= 4 is 29.4 Å². The number of amides is 3. The summed E-state index contributed by atoms with van der Waals surface area (Å²) >= 11 is 0. The number of hydrogen-bond donors (Lipinski definition) is 5. The summed E-state index contributed by atoms with van der Waals surface area (Å²) in [4.78, 5) is 62.9. The van der Waals surface area contributed by atoms with Crippen LogP contribution in [0.4, 0.5) is 5.69 Å². The van der Waals surface area contributed by atoms with Crippen molar-refractivity contribution in [3.05, 3.63) is 53.1 Å². The van der Waals surface area contributed by atoms with Crippen molar-refractivity contribution in [3.8, 4) is 11.1 Å². The Labute approximate surface area is 357 Å². The van der Waals surface area contributed by atoms with Crippen molar-refractivity contribution in [2.45, 2.75) is 124 Å². The van der Waals surface area contributed by atoms with Crippen LogP contribution in [0.2, 0.25) is 0 Å². The molecule has 0 unspecified atom stereocenters. The number of rotatable bonds is 17. The van der Waals surface area contributed by atoms with E-state index in [-0.39, 0.29) is 60.7 Å². The van der Waals surface area contributed by atoms with Crippen molar-refractivity contribution in [2.24, 2.45) is 34.5 Å². The monoisotopic (exact) mass is 833 g/mol. The Morgan fingerprint density at radius 2 is 1.73 bits per heavy atom. The number of nitrogens with zero attached hydrogens (tertiary/aromatic N) is 3. The van der Waals surface area contributed by atoms with Gasteiger partial charge in [0.15, 0.2) is 0 Å². The van der Waals surface area contributed by atoms with E-state index in [1.54, 1.807) is 12.0 Å². The number of carboxylic acid groups (broad SMARTS) is 1. The van der Waals surface area contributed by atoms with E-state index in [1.165, 1.54) is 6.42 Å². The molecule has 6 rings (SSSR count). The number of hydroxylamine groups is 2. The van der Waals surface area contributed by atoms with Gasteiger partial charge >= 0.3 is 5.97 Å². The normalized spacial score (nSPS) is 25.9. The smallest absolute Gasteiger partial charge is 0.303 e. The molecule has 332 valence electrons. The summed E-state index contributed by atoms with van der Waals surface area (Å²) < 4.78 is 0. The number of carbonyl (C=O) groups is 4. The average Bonchev–Trinajstić information content (AvgIpc) is 3.51. The second-order valence-electron chi connectivity index (χ2n) is 20.2. The largest absolute Gasteiger partial charge is 0.481 e. The summed E-state index contributed by atoms with van der Waals surface area (Å²) in [6.45, 7) is 18.0. The third-order valence-electron chi connectivity index (χ3n) is 13.5. The third-order valence-corrected chi connectivity index (χ3v) is 13.5. The third kappa shape index (κ3) is 11.1. The number of likely N-dealkylation sites (N-methyl/N-ethyl adjacent to an activating group) is 1. The van der Waals surface area contributed by atoms with E-state index in [0.29, 0.717) is 23.3 Å². The van der Waals surface area contributed by atoms with Gasteiger partial charge in [0, 0.05) is 62.9 Å². The van der Waals surface area contributed by atoms with E-state index in [4.69, 9.17) is 9.94 Å². The molecular weight excluding hydrogens is 761 g/mol. The van der Waals surface area contributed by atoms with Gasteiger partial charge in [-0.1, -0.05) is 59.7 Å². The van der Waals surface area contributed by atoms with Crippen LogP contribution in [0.3, 0.4) is 0 Å². The zero-order valence-electron chi connectivity index (χ0n) is 38.1. The van der Waals surface area contributed by atoms with Crippen LogP contribution < -0.4 is 20.9 Å². The Hall–Kier alpha value is -4.04. The van der Waals surface area contributed by atoms with E-state index in [2.05, 4.69) is 68.5 Å². The number of aliphatic carboxylic acids is 1. The maximum atomic E-state index is 14.6. The molecule has 4 aliphatic rings. The van der Waals surface area contributed by atoms with Crippen molar-refractivity contribution in [2.75, 3.05) is 46.2 Å². The highest BCUT2D eigenvalue weighted by Crippen LogP contribution is 2.61. The summed E-state index contributed by atoms with van der Waals surface area (Å²) in [5.74, 6) is -1.22. The molecule has 4 fully saturated rings. The fourth-order valence-electron chi connectivity index (χ4n) is 10.1. The van der Waals surface area contributed by atoms with Crippen LogP contribution in [-0.4, -0.2) is 115 Å². The predicted molar refractivity (Wildman–Crippen MR) is 235 cm³/mol. The molecule has 2 bridgehead atoms. The lowest BCUT2D eigenvalue weighted by Crippen LogP contribution is -2.62. The van der Waals surface area contributed by atoms with Gasteiger partial charge in [0.25, 0.3) is 5.91 Å². The molecule has 3 saturated carbocycles. The second kappa shape index (κ2) is 18.9. The Bertz CT molecular complexity index is 1870. The molecule has 13 nitrogen and oxygen atoms in total. The number of carbonyl (C=O) groups excluding carboxylic acids is 3. The molecule has 0 aromatic heterocycles. The molecule has 60 heavy (non-hydrogen) atoms. The van der Waals surface area contributed by atoms with Crippen molar-refractivity contribution < 1.29 is 34.2 Å². The molecule has 13 heteroatoms. The van der Waals surface area contributed by atoms with Gasteiger partial charge < -0.3 is 36.0 Å². The van der Waals surface area contributed by atoms with Crippen LogP contribution in [-0.2, 0) is 25.8 Å². The van der Waals surface area contributed by atoms with Gasteiger partial charge in [0.2, 0.25) is 11.8 Å². The molecule has 1 heterocycles. The molecule has 3 amide bonds. The minimum atomic E-state index is -1.07. The first kappa shape index (κ1) is 47.0. The summed E-state index contributed by atoms with van der Waals surface area (Å²) in [7, 11) is 7.93. The van der Waals surface area contributed by atoms with Crippen molar-refractivity contribution in [3.63, 3.8) is 0 Å². The lowest BCUT2D eigenvalue weighted by Gasteiger charge is -2.62. The van der Waals surface area contributed by atoms with Gasteiger partial charge in [-0.25, -0.2) is 0 Å². The standard InChI is InChI=1S/C47H72N6O7/c1-27-30(14-13-15-36(27)31-18-32(20-35(19-31)52(11)12)44(58)49-34(26-51(9)10)23-46(4,5)6)25-53-43(45(59)50-38-22-33-21-37(28(38)2)47(33,7)8)42(29(3)54)39(60-53)24-48-40(55)16-17-41(56)57/h13-15,18-20,28-29,33-34,37-39,42-43,54H,16-17,21-26H2,1-12H3,(H,48,55)(H,49,58)(H,50,59)(H,56,57)/t28-,29-,33-,34-,37+,38-,39-,42+,43-/m0/s1. The second-order valence-corrected chi connectivity index (χ2v) is 20.2. The van der Waals surface area contributed by atoms with Gasteiger partial charge in [0.05, 0.1) is 19.1 Å². The Kier molecular flexibility index (Phi) is 14.8. The Morgan fingerprint density at radius 3 is 2.32 bits per heavy atom. The van der Waals surface area contributed by atoms with Crippen LogP contribution >= 0.6 is 0 Å². The maximum Gasteiger partial charge on any atom is 0.303 e. The number of hydrogen-bond acceptors (Lipinski definition) is 9. The zero-order valence-corrected chi connectivity index (χ0v) is 38.1. The fourth-order valence-corrected chi connectivity index (χ4v) is 10.1. The summed E-state index contributed by atoms with van der Waals surface area (Å²) in [6, 6.07) is 11.0. The maximum absolute atomic E-state index is 14.6. The highest BCUT2D eigenvalue weighted by molar-refractivity contribution is 5.97. The molecule has 0 spiro atoms. The Morgan fingerprint density at radius 1 is 1.03 bits per heavy atom. The van der Waals surface area contributed by atoms with E-state index in [9.17, 15) is 24.3 Å². The molecule has 1 saturated heterocycles. The lowest BCUT2D eigenvalue weighted by molar-refractivity contribution is -0.177. The Balaban J connectivity index is 1.45. The van der Waals surface area contributed by atoms with E-state index >= 15 is 0 Å². The number of carboxylic acids is 1. The van der Waals surface area contributed by atoms with Gasteiger partial charge in [-0.2, -0.15) is 5.06 Å². The highest BCUT2D eigenvalue weighted by atomic mass is 16.7. The first-order valence-electron chi connectivity index (χ1n) is 21.7. The van der Waals surface area contributed by atoms with E-state index < -0.39 is 36.0 Å². The summed E-state index contributed by atoms with van der Waals surface area (Å²) in [5.41, 5.74) is 5.36. The molecule has 0 radical (unpaired) electrons. The average molecular weight is 833 g/mol. The molecule has 1 aliphatic heterocycles. The molecule has 2 aromatic carbocycles. The van der Waals surface area contributed by atoms with Crippen LogP contribution in [0.25, 0.3) is 11.1 Å². The van der Waals surface area contributed by atoms with E-state index in [1.807, 2.05) is 70.3 Å². The number of aliphatic hydroxyl groups is 1. The van der Waals surface area contributed by atoms with Crippen LogP contribution in [0.1, 0.15) is 102 Å². The van der Waals surface area contributed by atoms with Crippen LogP contribution in [0.15, 0.2) is 36.4 Å². The minimum Gasteiger partial charge on any atom is -0.481 e. The SMILES string of the molecule is Cc1c(CN2O[C@@H](CNC(=O)CCC(=O)O)[C@@H]([C@H](C)O)[C@H]2C(=O)N[C@H]2C[C@@H]3C[C@H]([C@@H]2C)C3(C)C)cccc1-c1cc(C(=O)N[C@H](CN(C)C)CC(C)(C)C)cc(N(C)C)c1. The number of aliphatic hydroxyl groups excluding tert-OH is 1. The van der Waals surface area contributed by atoms with Gasteiger partial charge in [0.1, 0.15) is 12.1 Å². The van der Waals surface area contributed by atoms with Gasteiger partial charge in [-0.15, -0.1) is 0 Å². The lowest BCUT2D eigenvalue weighted by atomic mass is 9.45. The molecule has 9 atom stereocenters. The highest BCUT2D eigenvalue weighted by Gasteiger charge is 2.57. The number of nitrogens with one attached hydrogen (secondary N) is 3. The molecule has 5 N–H and O–H groups in total. The quantitative estimate of drug-likeness (QED) is 0.138. The predicted octanol–water partition coefficient (Wildman–Crippen LogP) is 5.47. The summed E-state index contributed by atoms with van der Waals surface area (Å²) in [6.07, 6.45) is 0.684. The van der Waals surface area contributed by atoms with Gasteiger partial charge in [-0.3, -0.25) is 24.0 Å². The molecular formula is C47H72N6O7. The topological polar surface area (TPSA) is 164 Å². The zero-order chi connectivity index (χ0) is 44.4. The van der Waals surface area contributed by atoms with Crippen molar-refractivity contribution in [1.29, 1.82) is 0 Å². The van der Waals surface area contributed by atoms with Crippen LogP contribution in [0, 0.1) is 41.4 Å². The first-order chi connectivity index (χ1) is 28.0.